The number of carbonyl (C=O) groups excluding carboxylic acids is 1. The standard InChI is InChI=1S/C14H19NO4/c1-18-8-7-13(16)15-11-6-9-19-12-5-3-2-4-10(12)14(11)17/h2-5,11,14,17H,6-9H2,1H3,(H,15,16). The van der Waals surface area contributed by atoms with E-state index in [0.717, 1.165) is 5.56 Å². The summed E-state index contributed by atoms with van der Waals surface area (Å²) in [4.78, 5) is 11.7. The zero-order valence-corrected chi connectivity index (χ0v) is 11.0. The van der Waals surface area contributed by atoms with E-state index in [4.69, 9.17) is 9.47 Å². The third kappa shape index (κ3) is 3.45. The first-order chi connectivity index (χ1) is 9.22. The minimum atomic E-state index is -0.745. The topological polar surface area (TPSA) is 67.8 Å². The van der Waals surface area contributed by atoms with E-state index in [1.54, 1.807) is 7.11 Å². The molecule has 5 nitrogen and oxygen atoms in total. The van der Waals surface area contributed by atoms with Gasteiger partial charge in [0.25, 0.3) is 0 Å². The number of amides is 1. The van der Waals surface area contributed by atoms with Gasteiger partial charge in [-0.3, -0.25) is 4.79 Å². The van der Waals surface area contributed by atoms with Crippen molar-refractivity contribution in [3.8, 4) is 5.75 Å². The fraction of sp³-hybridized carbons (Fsp3) is 0.500. The molecule has 1 heterocycles. The molecule has 1 aromatic rings. The molecule has 1 aromatic carbocycles. The summed E-state index contributed by atoms with van der Waals surface area (Å²) in [5.74, 6) is 0.564. The molecule has 1 amide bonds. The van der Waals surface area contributed by atoms with Gasteiger partial charge in [0, 0.05) is 25.5 Å². The van der Waals surface area contributed by atoms with Crippen LogP contribution in [-0.4, -0.2) is 37.4 Å². The summed E-state index contributed by atoms with van der Waals surface area (Å²) < 4.78 is 10.4. The number of hydrogen-bond donors (Lipinski definition) is 2. The molecule has 1 aliphatic rings. The monoisotopic (exact) mass is 265 g/mol. The molecule has 2 unspecified atom stereocenters. The van der Waals surface area contributed by atoms with E-state index in [0.29, 0.717) is 31.8 Å². The van der Waals surface area contributed by atoms with Crippen LogP contribution in [0, 0.1) is 0 Å². The van der Waals surface area contributed by atoms with E-state index >= 15 is 0 Å². The molecule has 0 saturated heterocycles. The minimum absolute atomic E-state index is 0.120. The summed E-state index contributed by atoms with van der Waals surface area (Å²) >= 11 is 0. The van der Waals surface area contributed by atoms with Crippen LogP contribution < -0.4 is 10.1 Å². The lowest BCUT2D eigenvalue weighted by Gasteiger charge is -2.21. The number of fused-ring (bicyclic) bond motifs is 1. The SMILES string of the molecule is COCCC(=O)NC1CCOc2ccccc2C1O. The van der Waals surface area contributed by atoms with E-state index in [-0.39, 0.29) is 11.9 Å². The highest BCUT2D eigenvalue weighted by molar-refractivity contribution is 5.76. The summed E-state index contributed by atoms with van der Waals surface area (Å²) in [6, 6.07) is 7.03. The van der Waals surface area contributed by atoms with Gasteiger partial charge in [-0.05, 0) is 6.07 Å². The second-order valence-corrected chi connectivity index (χ2v) is 4.54. The summed E-state index contributed by atoms with van der Waals surface area (Å²) in [7, 11) is 1.55. The maximum Gasteiger partial charge on any atom is 0.222 e. The third-order valence-electron chi connectivity index (χ3n) is 3.18. The quantitative estimate of drug-likeness (QED) is 0.853. The predicted molar refractivity (Wildman–Crippen MR) is 69.9 cm³/mol. The van der Waals surface area contributed by atoms with Crippen molar-refractivity contribution in [1.29, 1.82) is 0 Å². The van der Waals surface area contributed by atoms with Crippen molar-refractivity contribution in [3.63, 3.8) is 0 Å². The van der Waals surface area contributed by atoms with Crippen LogP contribution in [0.3, 0.4) is 0 Å². The first kappa shape index (κ1) is 13.8. The van der Waals surface area contributed by atoms with Gasteiger partial charge in [-0.15, -0.1) is 0 Å². The van der Waals surface area contributed by atoms with Crippen molar-refractivity contribution in [2.24, 2.45) is 0 Å². The van der Waals surface area contributed by atoms with Crippen LogP contribution in [0.1, 0.15) is 24.5 Å². The number of benzene rings is 1. The highest BCUT2D eigenvalue weighted by Crippen LogP contribution is 2.31. The molecule has 2 rings (SSSR count). The Labute approximate surface area is 112 Å². The van der Waals surface area contributed by atoms with E-state index in [1.165, 1.54) is 0 Å². The predicted octanol–water partition coefficient (Wildman–Crippen LogP) is 1.02. The van der Waals surface area contributed by atoms with Crippen molar-refractivity contribution in [2.45, 2.75) is 25.0 Å². The van der Waals surface area contributed by atoms with Crippen LogP contribution in [0.2, 0.25) is 0 Å². The Bertz CT molecular complexity index is 435. The van der Waals surface area contributed by atoms with Gasteiger partial charge in [0.15, 0.2) is 0 Å². The van der Waals surface area contributed by atoms with E-state index in [1.807, 2.05) is 24.3 Å². The van der Waals surface area contributed by atoms with Gasteiger partial charge in [0.05, 0.1) is 19.3 Å². The van der Waals surface area contributed by atoms with E-state index < -0.39 is 6.10 Å². The van der Waals surface area contributed by atoms with E-state index in [2.05, 4.69) is 5.32 Å². The molecular formula is C14H19NO4. The van der Waals surface area contributed by atoms with Crippen LogP contribution in [0.5, 0.6) is 5.75 Å². The molecule has 104 valence electrons. The second kappa shape index (κ2) is 6.54. The fourth-order valence-electron chi connectivity index (χ4n) is 2.15. The smallest absolute Gasteiger partial charge is 0.222 e. The van der Waals surface area contributed by atoms with Gasteiger partial charge < -0.3 is 19.9 Å². The molecule has 0 saturated carbocycles. The molecule has 1 aliphatic heterocycles. The lowest BCUT2D eigenvalue weighted by molar-refractivity contribution is -0.123. The molecule has 2 atom stereocenters. The first-order valence-corrected chi connectivity index (χ1v) is 6.40. The molecule has 0 radical (unpaired) electrons. The molecule has 0 aromatic heterocycles. The fourth-order valence-corrected chi connectivity index (χ4v) is 2.15. The van der Waals surface area contributed by atoms with Gasteiger partial charge >= 0.3 is 0 Å². The number of para-hydroxylation sites is 1. The van der Waals surface area contributed by atoms with Crippen LogP contribution in [0.4, 0.5) is 0 Å². The van der Waals surface area contributed by atoms with Gasteiger partial charge in [0.1, 0.15) is 11.9 Å². The summed E-state index contributed by atoms with van der Waals surface area (Å²) in [5, 5.41) is 13.2. The minimum Gasteiger partial charge on any atom is -0.493 e. The zero-order valence-electron chi connectivity index (χ0n) is 11.0. The second-order valence-electron chi connectivity index (χ2n) is 4.54. The molecule has 5 heteroatoms. The number of nitrogens with one attached hydrogen (secondary N) is 1. The van der Waals surface area contributed by atoms with Crippen LogP contribution in [0.15, 0.2) is 24.3 Å². The lowest BCUT2D eigenvalue weighted by atomic mass is 10.00. The Morgan fingerprint density at radius 2 is 2.32 bits per heavy atom. The Balaban J connectivity index is 2.04. The summed E-state index contributed by atoms with van der Waals surface area (Å²) in [6.07, 6.45) is 0.127. The van der Waals surface area contributed by atoms with Crippen molar-refractivity contribution >= 4 is 5.91 Å². The molecule has 0 aliphatic carbocycles. The summed E-state index contributed by atoms with van der Waals surface area (Å²) in [5.41, 5.74) is 0.719. The number of aliphatic hydroxyl groups excluding tert-OH is 1. The average molecular weight is 265 g/mol. The number of carbonyl (C=O) groups is 1. The Morgan fingerprint density at radius 3 is 3.11 bits per heavy atom. The first-order valence-electron chi connectivity index (χ1n) is 6.40. The average Bonchev–Trinajstić information content (AvgIpc) is 2.58. The number of aliphatic hydroxyl groups is 1. The number of ether oxygens (including phenoxy) is 2. The Hall–Kier alpha value is -1.59. The highest BCUT2D eigenvalue weighted by atomic mass is 16.5. The molecular weight excluding hydrogens is 246 g/mol. The van der Waals surface area contributed by atoms with Crippen molar-refractivity contribution < 1.29 is 19.4 Å². The molecule has 0 bridgehead atoms. The normalized spacial score (nSPS) is 22.0. The number of hydrogen-bond acceptors (Lipinski definition) is 4. The van der Waals surface area contributed by atoms with Crippen molar-refractivity contribution in [3.05, 3.63) is 29.8 Å². The maximum atomic E-state index is 11.7. The third-order valence-corrected chi connectivity index (χ3v) is 3.18. The molecule has 0 fully saturated rings. The van der Waals surface area contributed by atoms with Gasteiger partial charge in [-0.1, -0.05) is 18.2 Å². The van der Waals surface area contributed by atoms with Gasteiger partial charge in [-0.25, -0.2) is 0 Å². The lowest BCUT2D eigenvalue weighted by Crippen LogP contribution is -2.39. The summed E-state index contributed by atoms with van der Waals surface area (Å²) in [6.45, 7) is 0.852. The zero-order chi connectivity index (χ0) is 13.7. The Morgan fingerprint density at radius 1 is 1.53 bits per heavy atom. The van der Waals surface area contributed by atoms with Crippen LogP contribution >= 0.6 is 0 Å². The molecule has 0 spiro atoms. The highest BCUT2D eigenvalue weighted by Gasteiger charge is 2.27. The van der Waals surface area contributed by atoms with E-state index in [9.17, 15) is 9.90 Å². The van der Waals surface area contributed by atoms with Crippen molar-refractivity contribution in [1.82, 2.24) is 5.32 Å². The van der Waals surface area contributed by atoms with Crippen molar-refractivity contribution in [2.75, 3.05) is 20.3 Å². The maximum absolute atomic E-state index is 11.7. The van der Waals surface area contributed by atoms with Crippen LogP contribution in [-0.2, 0) is 9.53 Å². The van der Waals surface area contributed by atoms with Gasteiger partial charge in [-0.2, -0.15) is 0 Å². The van der Waals surface area contributed by atoms with Gasteiger partial charge in [0.2, 0.25) is 5.91 Å². The number of rotatable bonds is 4. The Kier molecular flexibility index (Phi) is 4.76. The number of methoxy groups -OCH3 is 1. The molecule has 19 heavy (non-hydrogen) atoms. The van der Waals surface area contributed by atoms with Crippen LogP contribution in [0.25, 0.3) is 0 Å². The molecule has 2 N–H and O–H groups in total. The largest absolute Gasteiger partial charge is 0.493 e.